The molecule has 1 aliphatic heterocycles. The first-order valence-corrected chi connectivity index (χ1v) is 9.36. The Morgan fingerprint density at radius 1 is 1.25 bits per heavy atom. The molecule has 6 nitrogen and oxygen atoms in total. The van der Waals surface area contributed by atoms with Crippen molar-refractivity contribution in [3.63, 3.8) is 0 Å². The van der Waals surface area contributed by atoms with Crippen molar-refractivity contribution in [2.45, 2.75) is 71.3 Å². The number of halogens is 2. The third-order valence-corrected chi connectivity index (χ3v) is 4.27. The monoisotopic (exact) mass is 401 g/mol. The minimum absolute atomic E-state index is 0.0341. The minimum Gasteiger partial charge on any atom is -0.487 e. The predicted octanol–water partition coefficient (Wildman–Crippen LogP) is 4.16. The lowest BCUT2D eigenvalue weighted by Gasteiger charge is -2.27. The van der Waals surface area contributed by atoms with Crippen LogP contribution in [0.25, 0.3) is 0 Å². The number of amides is 1. The van der Waals surface area contributed by atoms with Gasteiger partial charge in [-0.3, -0.25) is 0 Å². The lowest BCUT2D eigenvalue weighted by molar-refractivity contribution is -0.0519. The van der Waals surface area contributed by atoms with Crippen LogP contribution in [0.3, 0.4) is 0 Å². The van der Waals surface area contributed by atoms with Gasteiger partial charge in [0.25, 0.3) is 0 Å². The zero-order valence-electron chi connectivity index (χ0n) is 16.9. The summed E-state index contributed by atoms with van der Waals surface area (Å²) in [6.45, 7) is 6.15. The summed E-state index contributed by atoms with van der Waals surface area (Å²) in [6, 6.07) is 4.42. The van der Waals surface area contributed by atoms with Crippen LogP contribution in [-0.2, 0) is 4.74 Å². The topological polar surface area (TPSA) is 68.2 Å². The summed E-state index contributed by atoms with van der Waals surface area (Å²) >= 11 is 0. The Balaban J connectivity index is 2.23. The number of carbonyl (C=O) groups excluding carboxylic acids is 1. The molecule has 0 bridgehead atoms. The van der Waals surface area contributed by atoms with E-state index >= 15 is 0 Å². The number of hydrogen-bond donors (Lipinski definition) is 1. The standard InChI is InChI=1S/C20H29F2NO5/c1-12(2)26-17-9-13(6-7-16(17)27-18(21)22)14-8-15(11-24)23(10-14)19(25)28-20(3,4)5/h6-7,9,12,14-15,18,24H,8,10-11H2,1-5H3/t14-,15-/m1/s1. The summed E-state index contributed by atoms with van der Waals surface area (Å²) in [4.78, 5) is 14.0. The fourth-order valence-electron chi connectivity index (χ4n) is 3.19. The molecule has 1 saturated heterocycles. The second-order valence-corrected chi connectivity index (χ2v) is 8.15. The van der Waals surface area contributed by atoms with Gasteiger partial charge in [-0.05, 0) is 58.7 Å². The maximum absolute atomic E-state index is 12.6. The van der Waals surface area contributed by atoms with E-state index in [2.05, 4.69) is 4.74 Å². The van der Waals surface area contributed by atoms with E-state index in [1.165, 1.54) is 11.0 Å². The lowest BCUT2D eigenvalue weighted by atomic mass is 9.96. The van der Waals surface area contributed by atoms with Crippen LogP contribution in [0.15, 0.2) is 18.2 Å². The Morgan fingerprint density at radius 2 is 1.93 bits per heavy atom. The zero-order valence-corrected chi connectivity index (χ0v) is 16.9. The Kier molecular flexibility index (Phi) is 7.09. The molecule has 2 atom stereocenters. The number of hydrogen-bond acceptors (Lipinski definition) is 5. The number of carbonyl (C=O) groups is 1. The van der Waals surface area contributed by atoms with Crippen molar-refractivity contribution in [3.8, 4) is 11.5 Å². The second kappa shape index (κ2) is 8.94. The Hall–Kier alpha value is -2.09. The van der Waals surface area contributed by atoms with Gasteiger partial charge in [-0.15, -0.1) is 0 Å². The summed E-state index contributed by atoms with van der Waals surface area (Å²) in [5.41, 5.74) is 0.184. The molecule has 0 saturated carbocycles. The van der Waals surface area contributed by atoms with Crippen molar-refractivity contribution in [3.05, 3.63) is 23.8 Å². The van der Waals surface area contributed by atoms with Crippen LogP contribution < -0.4 is 9.47 Å². The van der Waals surface area contributed by atoms with Gasteiger partial charge < -0.3 is 24.2 Å². The highest BCUT2D eigenvalue weighted by atomic mass is 19.3. The molecule has 28 heavy (non-hydrogen) atoms. The number of rotatable bonds is 6. The molecule has 0 spiro atoms. The van der Waals surface area contributed by atoms with Crippen molar-refractivity contribution in [2.75, 3.05) is 13.2 Å². The summed E-state index contributed by atoms with van der Waals surface area (Å²) in [5.74, 6) is 0.108. The molecule has 1 aromatic rings. The SMILES string of the molecule is CC(C)Oc1cc([C@@H]2C[C@H](CO)N(C(=O)OC(C)(C)C)C2)ccc1OC(F)F. The third-order valence-electron chi connectivity index (χ3n) is 4.27. The molecule has 8 heteroatoms. The van der Waals surface area contributed by atoms with Gasteiger partial charge >= 0.3 is 12.7 Å². The average Bonchev–Trinajstić information content (AvgIpc) is 2.98. The van der Waals surface area contributed by atoms with E-state index in [1.807, 2.05) is 0 Å². The van der Waals surface area contributed by atoms with E-state index in [9.17, 15) is 18.7 Å². The highest BCUT2D eigenvalue weighted by Crippen LogP contribution is 2.38. The molecule has 0 aromatic heterocycles. The van der Waals surface area contributed by atoms with Crippen LogP contribution >= 0.6 is 0 Å². The van der Waals surface area contributed by atoms with Crippen LogP contribution in [0.2, 0.25) is 0 Å². The van der Waals surface area contributed by atoms with Gasteiger partial charge in [0.2, 0.25) is 0 Å². The van der Waals surface area contributed by atoms with Crippen LogP contribution in [0.5, 0.6) is 11.5 Å². The Morgan fingerprint density at radius 3 is 2.46 bits per heavy atom. The molecule has 2 rings (SSSR count). The van der Waals surface area contributed by atoms with Gasteiger partial charge in [0, 0.05) is 12.5 Å². The van der Waals surface area contributed by atoms with Crippen molar-refractivity contribution in [1.29, 1.82) is 0 Å². The van der Waals surface area contributed by atoms with Crippen molar-refractivity contribution >= 4 is 6.09 Å². The summed E-state index contributed by atoms with van der Waals surface area (Å²) < 4.78 is 40.9. The second-order valence-electron chi connectivity index (χ2n) is 8.15. The number of ether oxygens (including phenoxy) is 3. The maximum atomic E-state index is 12.6. The van der Waals surface area contributed by atoms with Gasteiger partial charge in [-0.2, -0.15) is 8.78 Å². The molecule has 1 N–H and O–H groups in total. The van der Waals surface area contributed by atoms with E-state index in [0.29, 0.717) is 13.0 Å². The first kappa shape index (κ1) is 22.2. The number of nitrogens with zero attached hydrogens (tertiary/aromatic N) is 1. The molecular formula is C20H29F2NO5. The predicted molar refractivity (Wildman–Crippen MR) is 100 cm³/mol. The van der Waals surface area contributed by atoms with E-state index in [0.717, 1.165) is 5.56 Å². The first-order valence-electron chi connectivity index (χ1n) is 9.36. The average molecular weight is 401 g/mol. The normalized spacial score (nSPS) is 20.0. The number of alkyl halides is 2. The van der Waals surface area contributed by atoms with Gasteiger partial charge in [-0.25, -0.2) is 4.79 Å². The van der Waals surface area contributed by atoms with E-state index in [1.54, 1.807) is 46.8 Å². The summed E-state index contributed by atoms with van der Waals surface area (Å²) in [7, 11) is 0. The van der Waals surface area contributed by atoms with Crippen molar-refractivity contribution in [2.24, 2.45) is 0 Å². The van der Waals surface area contributed by atoms with Crippen molar-refractivity contribution < 1.29 is 32.9 Å². The van der Waals surface area contributed by atoms with E-state index in [-0.39, 0.29) is 36.2 Å². The third kappa shape index (κ3) is 5.95. The van der Waals surface area contributed by atoms with Gasteiger partial charge in [0.15, 0.2) is 11.5 Å². The molecule has 1 fully saturated rings. The van der Waals surface area contributed by atoms with Crippen molar-refractivity contribution in [1.82, 2.24) is 4.90 Å². The van der Waals surface area contributed by atoms with Crippen LogP contribution in [0.1, 0.15) is 52.5 Å². The van der Waals surface area contributed by atoms with Crippen LogP contribution in [0.4, 0.5) is 13.6 Å². The van der Waals surface area contributed by atoms with Gasteiger partial charge in [-0.1, -0.05) is 6.07 Å². The van der Waals surface area contributed by atoms with Gasteiger partial charge in [0.1, 0.15) is 5.60 Å². The highest BCUT2D eigenvalue weighted by Gasteiger charge is 2.38. The number of likely N-dealkylation sites (tertiary alicyclic amines) is 1. The maximum Gasteiger partial charge on any atom is 0.410 e. The summed E-state index contributed by atoms with van der Waals surface area (Å²) in [5, 5.41) is 9.69. The molecular weight excluding hydrogens is 372 g/mol. The molecule has 0 radical (unpaired) electrons. The molecule has 0 unspecified atom stereocenters. The quantitative estimate of drug-likeness (QED) is 0.775. The van der Waals surface area contributed by atoms with Crippen LogP contribution in [0, 0.1) is 0 Å². The Labute approximate surface area is 164 Å². The molecule has 1 heterocycles. The number of aliphatic hydroxyl groups is 1. The summed E-state index contributed by atoms with van der Waals surface area (Å²) in [6.07, 6.45) is -0.168. The Bertz CT molecular complexity index is 675. The highest BCUT2D eigenvalue weighted by molar-refractivity contribution is 5.69. The molecule has 1 aromatic carbocycles. The van der Waals surface area contributed by atoms with Gasteiger partial charge in [0.05, 0.1) is 18.8 Å². The zero-order chi connectivity index (χ0) is 21.1. The lowest BCUT2D eigenvalue weighted by Crippen LogP contribution is -2.41. The van der Waals surface area contributed by atoms with Crippen LogP contribution in [-0.4, -0.2) is 53.6 Å². The minimum atomic E-state index is -2.95. The number of aliphatic hydroxyl groups excluding tert-OH is 1. The number of benzene rings is 1. The molecule has 1 aliphatic rings. The van der Waals surface area contributed by atoms with E-state index < -0.39 is 18.3 Å². The fraction of sp³-hybridized carbons (Fsp3) is 0.650. The molecule has 158 valence electrons. The molecule has 1 amide bonds. The smallest absolute Gasteiger partial charge is 0.410 e. The fourth-order valence-corrected chi connectivity index (χ4v) is 3.19. The molecule has 0 aliphatic carbocycles. The van der Waals surface area contributed by atoms with E-state index in [4.69, 9.17) is 9.47 Å². The largest absolute Gasteiger partial charge is 0.487 e. The first-order chi connectivity index (χ1) is 13.0.